The molecular formula is C17H31N3O4. The zero-order valence-electron chi connectivity index (χ0n) is 14.8. The van der Waals surface area contributed by atoms with E-state index in [0.29, 0.717) is 19.5 Å². The Balaban J connectivity index is 2.22. The summed E-state index contributed by atoms with van der Waals surface area (Å²) in [6, 6.07) is 0.0800. The van der Waals surface area contributed by atoms with Crippen LogP contribution in [-0.2, 0) is 9.59 Å². The zero-order chi connectivity index (χ0) is 17.9. The molecule has 0 saturated heterocycles. The summed E-state index contributed by atoms with van der Waals surface area (Å²) in [7, 11) is 0. The highest BCUT2D eigenvalue weighted by Crippen LogP contribution is 2.17. The number of carboxylic acids is 1. The highest BCUT2D eigenvalue weighted by atomic mass is 16.4. The molecule has 0 unspecified atom stereocenters. The minimum Gasteiger partial charge on any atom is -0.480 e. The summed E-state index contributed by atoms with van der Waals surface area (Å²) >= 11 is 0. The van der Waals surface area contributed by atoms with Gasteiger partial charge in [-0.05, 0) is 25.2 Å². The molecule has 0 aromatic carbocycles. The van der Waals surface area contributed by atoms with Crippen molar-refractivity contribution in [3.63, 3.8) is 0 Å². The van der Waals surface area contributed by atoms with Gasteiger partial charge in [0.15, 0.2) is 0 Å². The first kappa shape index (κ1) is 20.3. The normalized spacial score (nSPS) is 15.1. The maximum Gasteiger partial charge on any atom is 0.323 e. The lowest BCUT2D eigenvalue weighted by molar-refractivity contribution is -0.144. The predicted octanol–water partition coefficient (Wildman–Crippen LogP) is 1.97. The van der Waals surface area contributed by atoms with Crippen LogP contribution in [0.3, 0.4) is 0 Å². The third-order valence-electron chi connectivity index (χ3n) is 4.06. The number of hydrogen-bond acceptors (Lipinski definition) is 3. The topological polar surface area (TPSA) is 98.7 Å². The first-order chi connectivity index (χ1) is 11.4. The van der Waals surface area contributed by atoms with Crippen molar-refractivity contribution in [2.45, 2.75) is 64.8 Å². The van der Waals surface area contributed by atoms with E-state index in [0.717, 1.165) is 25.7 Å². The predicted molar refractivity (Wildman–Crippen MR) is 91.7 cm³/mol. The monoisotopic (exact) mass is 341 g/mol. The van der Waals surface area contributed by atoms with Gasteiger partial charge in [0.25, 0.3) is 0 Å². The van der Waals surface area contributed by atoms with Gasteiger partial charge in [0.1, 0.15) is 6.54 Å². The number of nitrogens with zero attached hydrogens (tertiary/aromatic N) is 1. The third kappa shape index (κ3) is 8.74. The number of carboxylic acid groups (broad SMARTS) is 1. The van der Waals surface area contributed by atoms with Crippen molar-refractivity contribution in [3.05, 3.63) is 0 Å². The first-order valence-electron chi connectivity index (χ1n) is 8.92. The Morgan fingerprint density at radius 1 is 1.17 bits per heavy atom. The number of carbonyl (C=O) groups is 3. The minimum atomic E-state index is -1.01. The smallest absolute Gasteiger partial charge is 0.323 e. The molecule has 24 heavy (non-hydrogen) atoms. The van der Waals surface area contributed by atoms with E-state index in [2.05, 4.69) is 10.6 Å². The summed E-state index contributed by atoms with van der Waals surface area (Å²) < 4.78 is 0. The SMILES string of the molecule is CC(C)CN(CC(=O)O)C(=O)CCCNC(=O)NC1CCCCC1. The van der Waals surface area contributed by atoms with Gasteiger partial charge in [0.2, 0.25) is 5.91 Å². The second-order valence-corrected chi connectivity index (χ2v) is 6.90. The second-order valence-electron chi connectivity index (χ2n) is 6.90. The van der Waals surface area contributed by atoms with Crippen molar-refractivity contribution >= 4 is 17.9 Å². The van der Waals surface area contributed by atoms with Gasteiger partial charge in [0, 0.05) is 25.6 Å². The van der Waals surface area contributed by atoms with Crippen LogP contribution < -0.4 is 10.6 Å². The molecule has 7 nitrogen and oxygen atoms in total. The van der Waals surface area contributed by atoms with Crippen molar-refractivity contribution < 1.29 is 19.5 Å². The van der Waals surface area contributed by atoms with E-state index >= 15 is 0 Å². The van der Waals surface area contributed by atoms with Crippen molar-refractivity contribution in [1.29, 1.82) is 0 Å². The second kappa shape index (κ2) is 10.9. The molecule has 1 rings (SSSR count). The van der Waals surface area contributed by atoms with Gasteiger partial charge in [-0.1, -0.05) is 33.1 Å². The lowest BCUT2D eigenvalue weighted by Crippen LogP contribution is -2.43. The summed E-state index contributed by atoms with van der Waals surface area (Å²) in [6.07, 6.45) is 6.37. The number of nitrogens with one attached hydrogen (secondary N) is 2. The Kier molecular flexibility index (Phi) is 9.19. The van der Waals surface area contributed by atoms with Gasteiger partial charge in [-0.25, -0.2) is 4.79 Å². The van der Waals surface area contributed by atoms with Gasteiger partial charge in [-0.15, -0.1) is 0 Å². The highest BCUT2D eigenvalue weighted by molar-refractivity contribution is 5.81. The van der Waals surface area contributed by atoms with E-state index in [1.165, 1.54) is 11.3 Å². The lowest BCUT2D eigenvalue weighted by atomic mass is 9.96. The van der Waals surface area contributed by atoms with Crippen molar-refractivity contribution in [2.24, 2.45) is 5.92 Å². The largest absolute Gasteiger partial charge is 0.480 e. The number of carbonyl (C=O) groups excluding carboxylic acids is 2. The van der Waals surface area contributed by atoms with E-state index in [1.54, 1.807) is 0 Å². The van der Waals surface area contributed by atoms with Crippen molar-refractivity contribution in [1.82, 2.24) is 15.5 Å². The van der Waals surface area contributed by atoms with E-state index in [1.807, 2.05) is 13.8 Å². The molecule has 0 spiro atoms. The summed E-state index contributed by atoms with van der Waals surface area (Å²) in [5.74, 6) is -0.970. The molecule has 1 aliphatic rings. The van der Waals surface area contributed by atoms with Gasteiger partial charge in [-0.2, -0.15) is 0 Å². The molecule has 7 heteroatoms. The third-order valence-corrected chi connectivity index (χ3v) is 4.06. The molecule has 0 aromatic rings. The number of urea groups is 1. The van der Waals surface area contributed by atoms with Crippen LogP contribution in [0.25, 0.3) is 0 Å². The van der Waals surface area contributed by atoms with Crippen LogP contribution in [0.15, 0.2) is 0 Å². The summed E-state index contributed by atoms with van der Waals surface area (Å²) in [5.41, 5.74) is 0. The van der Waals surface area contributed by atoms with Crippen LogP contribution in [0.2, 0.25) is 0 Å². The maximum atomic E-state index is 12.1. The van der Waals surface area contributed by atoms with Gasteiger partial charge < -0.3 is 20.6 Å². The molecule has 1 aliphatic carbocycles. The molecule has 138 valence electrons. The number of rotatable bonds is 9. The number of hydrogen-bond donors (Lipinski definition) is 3. The van der Waals surface area contributed by atoms with Crippen LogP contribution >= 0.6 is 0 Å². The number of aliphatic carboxylic acids is 1. The van der Waals surface area contributed by atoms with Crippen LogP contribution in [0.5, 0.6) is 0 Å². The molecule has 1 saturated carbocycles. The van der Waals surface area contributed by atoms with Gasteiger partial charge >= 0.3 is 12.0 Å². The van der Waals surface area contributed by atoms with Gasteiger partial charge in [0.05, 0.1) is 0 Å². The van der Waals surface area contributed by atoms with Crippen LogP contribution in [-0.4, -0.2) is 53.6 Å². The zero-order valence-corrected chi connectivity index (χ0v) is 14.8. The summed E-state index contributed by atoms with van der Waals surface area (Å²) in [6.45, 7) is 4.46. The average Bonchev–Trinajstić information content (AvgIpc) is 2.50. The van der Waals surface area contributed by atoms with E-state index in [4.69, 9.17) is 5.11 Å². The standard InChI is InChI=1S/C17H31N3O4/c1-13(2)11-20(12-16(22)23)15(21)9-6-10-18-17(24)19-14-7-4-3-5-8-14/h13-14H,3-12H2,1-2H3,(H,22,23)(H2,18,19,24). The molecule has 0 aliphatic heterocycles. The average molecular weight is 341 g/mol. The Hall–Kier alpha value is -1.79. The Labute approximate surface area is 144 Å². The molecule has 0 heterocycles. The highest BCUT2D eigenvalue weighted by Gasteiger charge is 2.18. The molecule has 0 aromatic heterocycles. The molecule has 0 bridgehead atoms. The molecule has 3 amide bonds. The molecule has 1 fully saturated rings. The van der Waals surface area contributed by atoms with E-state index in [9.17, 15) is 14.4 Å². The molecule has 0 radical (unpaired) electrons. The fourth-order valence-electron chi connectivity index (χ4n) is 2.94. The van der Waals surface area contributed by atoms with Crippen molar-refractivity contribution in [3.8, 4) is 0 Å². The molecule has 3 N–H and O–H groups in total. The van der Waals surface area contributed by atoms with Crippen LogP contribution in [0.1, 0.15) is 58.8 Å². The summed E-state index contributed by atoms with van der Waals surface area (Å²) in [4.78, 5) is 36.1. The van der Waals surface area contributed by atoms with Gasteiger partial charge in [-0.3, -0.25) is 9.59 Å². The molecule has 0 atom stereocenters. The van der Waals surface area contributed by atoms with E-state index < -0.39 is 5.97 Å². The van der Waals surface area contributed by atoms with Crippen molar-refractivity contribution in [2.75, 3.05) is 19.6 Å². The maximum absolute atomic E-state index is 12.1. The fraction of sp³-hybridized carbons (Fsp3) is 0.824. The Morgan fingerprint density at radius 3 is 2.42 bits per heavy atom. The fourth-order valence-corrected chi connectivity index (χ4v) is 2.94. The quantitative estimate of drug-likeness (QED) is 0.558. The Morgan fingerprint density at radius 2 is 1.83 bits per heavy atom. The first-order valence-corrected chi connectivity index (χ1v) is 8.92. The lowest BCUT2D eigenvalue weighted by Gasteiger charge is -2.23. The van der Waals surface area contributed by atoms with Crippen LogP contribution in [0, 0.1) is 5.92 Å². The minimum absolute atomic E-state index is 0.180. The molecular weight excluding hydrogens is 310 g/mol. The number of amides is 3. The van der Waals surface area contributed by atoms with E-state index in [-0.39, 0.29) is 36.9 Å². The summed E-state index contributed by atoms with van der Waals surface area (Å²) in [5, 5.41) is 14.6. The Bertz CT molecular complexity index is 420. The van der Waals surface area contributed by atoms with Crippen LogP contribution in [0.4, 0.5) is 4.79 Å².